The molecular formula is C18H18N2O4S2. The van der Waals surface area contributed by atoms with Crippen molar-refractivity contribution in [1.29, 1.82) is 0 Å². The number of unbranched alkanes of at least 4 members (excludes halogenated alkanes) is 1. The van der Waals surface area contributed by atoms with Crippen LogP contribution in [0.15, 0.2) is 29.2 Å². The summed E-state index contributed by atoms with van der Waals surface area (Å²) in [7, 11) is 1.65. The van der Waals surface area contributed by atoms with Gasteiger partial charge >= 0.3 is 5.97 Å². The maximum absolute atomic E-state index is 13.0. The lowest BCUT2D eigenvalue weighted by Crippen LogP contribution is -2.44. The number of para-hydroxylation sites is 1. The number of amides is 2. The van der Waals surface area contributed by atoms with Crippen molar-refractivity contribution in [2.75, 3.05) is 11.9 Å². The van der Waals surface area contributed by atoms with Gasteiger partial charge in [-0.05, 0) is 12.5 Å². The zero-order chi connectivity index (χ0) is 19.0. The normalized spacial score (nSPS) is 20.8. The Bertz CT molecular complexity index is 849. The molecule has 0 aliphatic carbocycles. The van der Waals surface area contributed by atoms with E-state index in [1.807, 2.05) is 19.1 Å². The second kappa shape index (κ2) is 7.20. The van der Waals surface area contributed by atoms with Crippen molar-refractivity contribution in [2.45, 2.75) is 32.2 Å². The fraction of sp³-hybridized carbons (Fsp3) is 0.333. The number of carbonyl (C=O) groups excluding carboxylic acids is 2. The highest BCUT2D eigenvalue weighted by atomic mass is 32.2. The predicted molar refractivity (Wildman–Crippen MR) is 105 cm³/mol. The van der Waals surface area contributed by atoms with E-state index < -0.39 is 17.9 Å². The summed E-state index contributed by atoms with van der Waals surface area (Å²) in [4.78, 5) is 40.2. The molecule has 2 heterocycles. The van der Waals surface area contributed by atoms with Gasteiger partial charge in [0.05, 0.1) is 16.2 Å². The molecule has 0 spiro atoms. The molecule has 6 nitrogen and oxygen atoms in total. The van der Waals surface area contributed by atoms with E-state index in [0.717, 1.165) is 28.8 Å². The maximum Gasteiger partial charge on any atom is 0.326 e. The zero-order valence-electron chi connectivity index (χ0n) is 14.4. The van der Waals surface area contributed by atoms with Crippen molar-refractivity contribution in [1.82, 2.24) is 4.90 Å². The van der Waals surface area contributed by atoms with Crippen LogP contribution in [0.2, 0.25) is 0 Å². The van der Waals surface area contributed by atoms with Gasteiger partial charge < -0.3 is 10.0 Å². The molecule has 1 N–H and O–H groups in total. The molecule has 1 atom stereocenters. The fourth-order valence-electron chi connectivity index (χ4n) is 3.15. The number of thioether (sulfide) groups is 1. The fourth-order valence-corrected chi connectivity index (χ4v) is 4.58. The summed E-state index contributed by atoms with van der Waals surface area (Å²) in [5, 5.41) is 9.55. The second-order valence-electron chi connectivity index (χ2n) is 6.12. The minimum atomic E-state index is -1.09. The van der Waals surface area contributed by atoms with Crippen molar-refractivity contribution in [2.24, 2.45) is 0 Å². The van der Waals surface area contributed by atoms with Gasteiger partial charge in [-0.15, -0.1) is 0 Å². The summed E-state index contributed by atoms with van der Waals surface area (Å²) in [6, 6.07) is 6.20. The SMILES string of the molecule is CCCCC(C(=O)O)N1C(=O)C(=C2C(=O)N(C)c3ccccc32)SC1=S. The molecule has 0 saturated carbocycles. The van der Waals surface area contributed by atoms with Crippen LogP contribution < -0.4 is 4.90 Å². The summed E-state index contributed by atoms with van der Waals surface area (Å²) in [6.07, 6.45) is 1.81. The minimum Gasteiger partial charge on any atom is -0.480 e. The number of likely N-dealkylation sites (N-methyl/N-ethyl adjacent to an activating group) is 1. The molecule has 2 aliphatic rings. The predicted octanol–water partition coefficient (Wildman–Crippen LogP) is 2.88. The van der Waals surface area contributed by atoms with Crippen LogP contribution in [0.4, 0.5) is 5.69 Å². The van der Waals surface area contributed by atoms with E-state index in [1.54, 1.807) is 19.2 Å². The van der Waals surface area contributed by atoms with Crippen molar-refractivity contribution in [3.05, 3.63) is 34.7 Å². The Kier molecular flexibility index (Phi) is 5.15. The highest BCUT2D eigenvalue weighted by Crippen LogP contribution is 2.44. The van der Waals surface area contributed by atoms with Crippen molar-refractivity contribution in [3.63, 3.8) is 0 Å². The standard InChI is InChI=1S/C18H18N2O4S2/c1-3-4-8-12(17(23)24)20-16(22)14(26-18(20)25)13-10-7-5-6-9-11(10)19(2)15(13)21/h5-7,9,12H,3-4,8H2,1-2H3,(H,23,24). The Balaban J connectivity index is 2.05. The van der Waals surface area contributed by atoms with Crippen LogP contribution in [0.1, 0.15) is 31.7 Å². The highest BCUT2D eigenvalue weighted by Gasteiger charge is 2.44. The van der Waals surface area contributed by atoms with Gasteiger partial charge in [0.15, 0.2) is 0 Å². The summed E-state index contributed by atoms with van der Waals surface area (Å²) >= 11 is 6.29. The van der Waals surface area contributed by atoms with E-state index in [4.69, 9.17) is 12.2 Å². The number of fused-ring (bicyclic) bond motifs is 1. The molecule has 2 amide bonds. The smallest absolute Gasteiger partial charge is 0.326 e. The van der Waals surface area contributed by atoms with Crippen LogP contribution in [-0.2, 0) is 14.4 Å². The molecule has 1 unspecified atom stereocenters. The summed E-state index contributed by atoms with van der Waals surface area (Å²) in [5.74, 6) is -1.87. The van der Waals surface area contributed by atoms with Gasteiger partial charge in [-0.3, -0.25) is 14.5 Å². The number of rotatable bonds is 5. The van der Waals surface area contributed by atoms with E-state index in [-0.39, 0.29) is 15.1 Å². The molecule has 0 radical (unpaired) electrons. The third kappa shape index (κ3) is 2.93. The molecule has 2 aliphatic heterocycles. The number of nitrogens with zero attached hydrogens (tertiary/aromatic N) is 2. The van der Waals surface area contributed by atoms with Crippen molar-refractivity contribution >= 4 is 57.3 Å². The largest absolute Gasteiger partial charge is 0.480 e. The van der Waals surface area contributed by atoms with Crippen molar-refractivity contribution < 1.29 is 19.5 Å². The third-order valence-electron chi connectivity index (χ3n) is 4.51. The Morgan fingerprint density at radius 1 is 1.27 bits per heavy atom. The molecule has 0 aromatic heterocycles. The van der Waals surface area contributed by atoms with Crippen LogP contribution in [0, 0.1) is 0 Å². The first-order chi connectivity index (χ1) is 12.4. The highest BCUT2D eigenvalue weighted by molar-refractivity contribution is 8.26. The van der Waals surface area contributed by atoms with E-state index in [0.29, 0.717) is 24.0 Å². The van der Waals surface area contributed by atoms with Crippen LogP contribution in [0.3, 0.4) is 0 Å². The summed E-state index contributed by atoms with van der Waals surface area (Å²) in [5.41, 5.74) is 1.68. The summed E-state index contributed by atoms with van der Waals surface area (Å²) in [6.45, 7) is 1.95. The quantitative estimate of drug-likeness (QED) is 0.615. The maximum atomic E-state index is 13.0. The van der Waals surface area contributed by atoms with Crippen LogP contribution in [0.25, 0.3) is 5.57 Å². The number of hydrogen-bond donors (Lipinski definition) is 1. The van der Waals surface area contributed by atoms with Gasteiger partial charge in [-0.2, -0.15) is 0 Å². The van der Waals surface area contributed by atoms with Crippen LogP contribution in [-0.4, -0.2) is 45.2 Å². The molecule has 1 saturated heterocycles. The Morgan fingerprint density at radius 2 is 1.96 bits per heavy atom. The Labute approximate surface area is 160 Å². The van der Waals surface area contributed by atoms with E-state index in [9.17, 15) is 19.5 Å². The first kappa shape index (κ1) is 18.6. The van der Waals surface area contributed by atoms with E-state index in [2.05, 4.69) is 0 Å². The van der Waals surface area contributed by atoms with Gasteiger partial charge in [0.2, 0.25) is 0 Å². The van der Waals surface area contributed by atoms with Crippen LogP contribution in [0.5, 0.6) is 0 Å². The number of hydrogen-bond acceptors (Lipinski definition) is 5. The number of anilines is 1. The number of benzene rings is 1. The molecule has 3 rings (SSSR count). The lowest BCUT2D eigenvalue weighted by molar-refractivity contribution is -0.145. The van der Waals surface area contributed by atoms with Crippen LogP contribution >= 0.6 is 24.0 Å². The number of aliphatic carboxylic acids is 1. The number of carboxylic acid groups (broad SMARTS) is 1. The Hall–Kier alpha value is -2.19. The molecule has 26 heavy (non-hydrogen) atoms. The topological polar surface area (TPSA) is 77.9 Å². The lowest BCUT2D eigenvalue weighted by Gasteiger charge is -2.22. The molecule has 136 valence electrons. The van der Waals surface area contributed by atoms with E-state index >= 15 is 0 Å². The monoisotopic (exact) mass is 390 g/mol. The van der Waals surface area contributed by atoms with Gasteiger partial charge in [0.1, 0.15) is 10.4 Å². The molecular weight excluding hydrogens is 372 g/mol. The molecule has 1 aromatic rings. The second-order valence-corrected chi connectivity index (χ2v) is 7.77. The van der Waals surface area contributed by atoms with Gasteiger partial charge in [-0.25, -0.2) is 4.79 Å². The first-order valence-corrected chi connectivity index (χ1v) is 9.50. The molecule has 1 aromatic carbocycles. The third-order valence-corrected chi connectivity index (χ3v) is 5.91. The molecule has 0 bridgehead atoms. The minimum absolute atomic E-state index is 0.181. The lowest BCUT2D eigenvalue weighted by atomic mass is 10.1. The van der Waals surface area contributed by atoms with Gasteiger partial charge in [0.25, 0.3) is 11.8 Å². The first-order valence-electron chi connectivity index (χ1n) is 8.28. The average molecular weight is 390 g/mol. The molecule has 8 heteroatoms. The van der Waals surface area contributed by atoms with Crippen molar-refractivity contribution in [3.8, 4) is 0 Å². The summed E-state index contributed by atoms with van der Waals surface area (Å²) < 4.78 is 0.181. The molecule has 1 fully saturated rings. The van der Waals surface area contributed by atoms with Gasteiger partial charge in [0, 0.05) is 12.6 Å². The average Bonchev–Trinajstić information content (AvgIpc) is 3.03. The van der Waals surface area contributed by atoms with E-state index in [1.165, 1.54) is 4.90 Å². The Morgan fingerprint density at radius 3 is 2.62 bits per heavy atom. The number of carbonyl (C=O) groups is 3. The number of thiocarbonyl (C=S) groups is 1. The van der Waals surface area contributed by atoms with Gasteiger partial charge in [-0.1, -0.05) is 61.9 Å². The zero-order valence-corrected chi connectivity index (χ0v) is 16.0. The number of carboxylic acids is 1.